The maximum atomic E-state index is 11.8. The lowest BCUT2D eigenvalue weighted by Crippen LogP contribution is -2.22. The molecule has 1 fully saturated rings. The smallest absolute Gasteiger partial charge is 0.244 e. The van der Waals surface area contributed by atoms with Crippen molar-refractivity contribution >= 4 is 11.6 Å². The van der Waals surface area contributed by atoms with Gasteiger partial charge in [0.2, 0.25) is 5.91 Å². The zero-order valence-electron chi connectivity index (χ0n) is 9.23. The molecule has 0 heterocycles. The fourth-order valence-corrected chi connectivity index (χ4v) is 1.56. The summed E-state index contributed by atoms with van der Waals surface area (Å²) in [5.41, 5.74) is 0.774. The Morgan fingerprint density at radius 1 is 1.29 bits per heavy atom. The molecule has 0 atom stereocenters. The molecule has 0 unspecified atom stereocenters. The molecule has 1 aromatic carbocycles. The summed E-state index contributed by atoms with van der Waals surface area (Å²) < 4.78 is 0. The number of hydrogen-bond acceptors (Lipinski definition) is 3. The summed E-state index contributed by atoms with van der Waals surface area (Å²) in [6.07, 6.45) is 1.64. The Hall–Kier alpha value is -2.33. The van der Waals surface area contributed by atoms with E-state index in [0.29, 0.717) is 24.9 Å². The molecule has 0 bridgehead atoms. The number of carbonyl (C=O) groups is 1. The van der Waals surface area contributed by atoms with Crippen molar-refractivity contribution in [1.82, 2.24) is 0 Å². The number of hydrogen-bond donors (Lipinski definition) is 1. The fourth-order valence-electron chi connectivity index (χ4n) is 1.56. The third-order valence-corrected chi connectivity index (χ3v) is 2.89. The van der Waals surface area contributed by atoms with Crippen LogP contribution in [0.3, 0.4) is 0 Å². The molecule has 4 heteroatoms. The largest absolute Gasteiger partial charge is 0.325 e. The van der Waals surface area contributed by atoms with Crippen LogP contribution in [-0.2, 0) is 11.2 Å². The van der Waals surface area contributed by atoms with E-state index in [1.54, 1.807) is 24.3 Å². The molecule has 0 aliphatic heterocycles. The van der Waals surface area contributed by atoms with Gasteiger partial charge in [0.05, 0.1) is 18.6 Å². The normalized spacial score (nSPS) is 15.4. The molecule has 1 saturated carbocycles. The van der Waals surface area contributed by atoms with Crippen molar-refractivity contribution in [2.75, 3.05) is 5.32 Å². The molecule has 2 rings (SSSR count). The van der Waals surface area contributed by atoms with Crippen molar-refractivity contribution in [3.8, 4) is 12.1 Å². The molecule has 1 aliphatic carbocycles. The van der Waals surface area contributed by atoms with Crippen molar-refractivity contribution in [3.05, 3.63) is 29.8 Å². The van der Waals surface area contributed by atoms with Gasteiger partial charge in [0.15, 0.2) is 0 Å². The van der Waals surface area contributed by atoms with Gasteiger partial charge in [0, 0.05) is 5.69 Å². The second-order valence-electron chi connectivity index (χ2n) is 4.18. The minimum atomic E-state index is -0.800. The van der Waals surface area contributed by atoms with Crippen LogP contribution in [0.5, 0.6) is 0 Å². The molecule has 84 valence electrons. The number of rotatable bonds is 3. The van der Waals surface area contributed by atoms with Crippen LogP contribution < -0.4 is 5.32 Å². The highest BCUT2D eigenvalue weighted by Gasteiger charge is 2.50. The van der Waals surface area contributed by atoms with Crippen LogP contribution in [0.1, 0.15) is 18.4 Å². The number of nitriles is 2. The van der Waals surface area contributed by atoms with Crippen LogP contribution in [0.4, 0.5) is 5.69 Å². The maximum Gasteiger partial charge on any atom is 0.244 e. The van der Waals surface area contributed by atoms with E-state index in [2.05, 4.69) is 11.4 Å². The number of amides is 1. The average Bonchev–Trinajstić information content (AvgIpc) is 3.13. The number of nitrogens with one attached hydrogen (secondary N) is 1. The van der Waals surface area contributed by atoms with E-state index < -0.39 is 5.41 Å². The van der Waals surface area contributed by atoms with Crippen LogP contribution in [0, 0.1) is 28.1 Å². The van der Waals surface area contributed by atoms with Crippen LogP contribution in [0.25, 0.3) is 0 Å². The third kappa shape index (κ3) is 2.26. The van der Waals surface area contributed by atoms with Crippen molar-refractivity contribution in [2.24, 2.45) is 5.41 Å². The highest BCUT2D eigenvalue weighted by Crippen LogP contribution is 2.45. The second kappa shape index (κ2) is 4.27. The molecule has 1 N–H and O–H groups in total. The van der Waals surface area contributed by atoms with E-state index in [0.717, 1.165) is 5.56 Å². The molecule has 1 aromatic rings. The summed E-state index contributed by atoms with van der Waals surface area (Å²) in [4.78, 5) is 11.8. The predicted molar refractivity (Wildman–Crippen MR) is 61.7 cm³/mol. The molecule has 0 aromatic heterocycles. The minimum absolute atomic E-state index is 0.229. The van der Waals surface area contributed by atoms with E-state index in [1.165, 1.54) is 0 Å². The Kier molecular flexibility index (Phi) is 2.80. The number of benzene rings is 1. The highest BCUT2D eigenvalue weighted by molar-refractivity contribution is 5.99. The SMILES string of the molecule is N#CCc1ccc(NC(=O)C2(C#N)CC2)cc1. The van der Waals surface area contributed by atoms with Gasteiger partial charge < -0.3 is 5.32 Å². The van der Waals surface area contributed by atoms with Gasteiger partial charge in [-0.15, -0.1) is 0 Å². The predicted octanol–water partition coefficient (Wildman–Crippen LogP) is 1.99. The van der Waals surface area contributed by atoms with E-state index in [1.807, 2.05) is 6.07 Å². The van der Waals surface area contributed by atoms with E-state index in [4.69, 9.17) is 10.5 Å². The first-order valence-electron chi connectivity index (χ1n) is 5.39. The number of carbonyl (C=O) groups excluding carboxylic acids is 1. The third-order valence-electron chi connectivity index (χ3n) is 2.89. The highest BCUT2D eigenvalue weighted by atomic mass is 16.2. The minimum Gasteiger partial charge on any atom is -0.325 e. The first-order chi connectivity index (χ1) is 8.20. The summed E-state index contributed by atoms with van der Waals surface area (Å²) >= 11 is 0. The summed E-state index contributed by atoms with van der Waals surface area (Å²) in [5, 5.41) is 20.1. The summed E-state index contributed by atoms with van der Waals surface area (Å²) in [6, 6.07) is 11.2. The van der Waals surface area contributed by atoms with E-state index in [-0.39, 0.29) is 5.91 Å². The van der Waals surface area contributed by atoms with Crippen LogP contribution in [0.15, 0.2) is 24.3 Å². The molecular weight excluding hydrogens is 214 g/mol. The van der Waals surface area contributed by atoms with E-state index >= 15 is 0 Å². The van der Waals surface area contributed by atoms with Gasteiger partial charge in [-0.2, -0.15) is 10.5 Å². The molecule has 0 saturated heterocycles. The Labute approximate surface area is 99.5 Å². The molecule has 17 heavy (non-hydrogen) atoms. The summed E-state index contributed by atoms with van der Waals surface area (Å²) in [7, 11) is 0. The first kappa shape index (κ1) is 11.2. The quantitative estimate of drug-likeness (QED) is 0.854. The van der Waals surface area contributed by atoms with Crippen LogP contribution >= 0.6 is 0 Å². The molecule has 1 amide bonds. The summed E-state index contributed by atoms with van der Waals surface area (Å²) in [6.45, 7) is 0. The van der Waals surface area contributed by atoms with Gasteiger partial charge in [-0.05, 0) is 30.5 Å². The number of anilines is 1. The Balaban J connectivity index is 2.03. The Bertz CT molecular complexity index is 515. The van der Waals surface area contributed by atoms with Crippen LogP contribution in [0.2, 0.25) is 0 Å². The van der Waals surface area contributed by atoms with Crippen molar-refractivity contribution in [1.29, 1.82) is 10.5 Å². The van der Waals surface area contributed by atoms with Crippen LogP contribution in [-0.4, -0.2) is 5.91 Å². The lowest BCUT2D eigenvalue weighted by Gasteiger charge is -2.08. The van der Waals surface area contributed by atoms with Gasteiger partial charge in [0.25, 0.3) is 0 Å². The molecule has 4 nitrogen and oxygen atoms in total. The zero-order valence-corrected chi connectivity index (χ0v) is 9.23. The Morgan fingerprint density at radius 2 is 1.94 bits per heavy atom. The zero-order chi connectivity index (χ0) is 12.3. The standard InChI is InChI=1S/C13H11N3O/c14-8-5-10-1-3-11(4-2-10)16-12(17)13(9-15)6-7-13/h1-4H,5-7H2,(H,16,17). The molecule has 1 aliphatic rings. The first-order valence-corrected chi connectivity index (χ1v) is 5.39. The van der Waals surface area contributed by atoms with Gasteiger partial charge in [0.1, 0.15) is 5.41 Å². The van der Waals surface area contributed by atoms with Crippen molar-refractivity contribution in [3.63, 3.8) is 0 Å². The van der Waals surface area contributed by atoms with Crippen molar-refractivity contribution < 1.29 is 4.79 Å². The maximum absolute atomic E-state index is 11.8. The fraction of sp³-hybridized carbons (Fsp3) is 0.308. The van der Waals surface area contributed by atoms with Gasteiger partial charge in [-0.3, -0.25) is 4.79 Å². The average molecular weight is 225 g/mol. The van der Waals surface area contributed by atoms with Gasteiger partial charge in [-0.25, -0.2) is 0 Å². The molecule has 0 spiro atoms. The summed E-state index contributed by atoms with van der Waals surface area (Å²) in [5.74, 6) is -0.229. The lowest BCUT2D eigenvalue weighted by atomic mass is 10.1. The monoisotopic (exact) mass is 225 g/mol. The van der Waals surface area contributed by atoms with Gasteiger partial charge in [-0.1, -0.05) is 12.1 Å². The topological polar surface area (TPSA) is 76.7 Å². The van der Waals surface area contributed by atoms with E-state index in [9.17, 15) is 4.79 Å². The van der Waals surface area contributed by atoms with Gasteiger partial charge >= 0.3 is 0 Å². The second-order valence-corrected chi connectivity index (χ2v) is 4.18. The molecule has 0 radical (unpaired) electrons. The van der Waals surface area contributed by atoms with Crippen molar-refractivity contribution in [2.45, 2.75) is 19.3 Å². The lowest BCUT2D eigenvalue weighted by molar-refractivity contribution is -0.119. The number of nitrogens with zero attached hydrogens (tertiary/aromatic N) is 2. The Morgan fingerprint density at radius 3 is 2.41 bits per heavy atom. The molecular formula is C13H11N3O.